The highest BCUT2D eigenvalue weighted by atomic mass is 35.5. The second kappa shape index (κ2) is 10.3. The normalized spacial score (nSPS) is 13.4. The van der Waals surface area contributed by atoms with Crippen molar-refractivity contribution in [3.8, 4) is 5.75 Å². The van der Waals surface area contributed by atoms with Gasteiger partial charge < -0.3 is 15.6 Å². The van der Waals surface area contributed by atoms with Crippen molar-refractivity contribution < 1.29 is 14.2 Å². The van der Waals surface area contributed by atoms with Gasteiger partial charge in [0.05, 0.1) is 18.2 Å². The summed E-state index contributed by atoms with van der Waals surface area (Å²) in [5, 5.41) is 9.40. The fraction of sp³-hybridized carbons (Fsp3) is 0.625. The zero-order chi connectivity index (χ0) is 15.9. The third-order valence-corrected chi connectivity index (χ3v) is 3.68. The van der Waals surface area contributed by atoms with E-state index in [-0.39, 0.29) is 29.8 Å². The molecule has 0 aliphatic carbocycles. The van der Waals surface area contributed by atoms with Crippen molar-refractivity contribution in [3.05, 3.63) is 28.5 Å². The second-order valence-corrected chi connectivity index (χ2v) is 6.16. The van der Waals surface area contributed by atoms with E-state index in [1.165, 1.54) is 6.07 Å². The lowest BCUT2D eigenvalue weighted by Gasteiger charge is -2.21. The zero-order valence-electron chi connectivity index (χ0n) is 13.2. The Morgan fingerprint density at radius 1 is 1.36 bits per heavy atom. The summed E-state index contributed by atoms with van der Waals surface area (Å²) in [6, 6.07) is 3.13. The molecule has 1 aromatic carbocycles. The Hall–Kier alpha value is -0.550. The quantitative estimate of drug-likeness (QED) is 0.656. The highest BCUT2D eigenvalue weighted by Crippen LogP contribution is 2.30. The van der Waals surface area contributed by atoms with Gasteiger partial charge in [-0.25, -0.2) is 4.39 Å². The first kappa shape index (κ1) is 21.4. The van der Waals surface area contributed by atoms with Crippen LogP contribution in [0.3, 0.4) is 0 Å². The zero-order valence-corrected chi connectivity index (χ0v) is 14.8. The van der Waals surface area contributed by atoms with E-state index in [2.05, 4.69) is 6.92 Å². The number of unbranched alkanes of at least 4 members (excludes halogenated alkanes) is 2. The predicted octanol–water partition coefficient (Wildman–Crippen LogP) is 4.11. The van der Waals surface area contributed by atoms with Gasteiger partial charge in [-0.1, -0.05) is 31.4 Å². The van der Waals surface area contributed by atoms with Crippen molar-refractivity contribution in [2.45, 2.75) is 51.5 Å². The first-order valence-electron chi connectivity index (χ1n) is 7.40. The molecule has 0 saturated carbocycles. The van der Waals surface area contributed by atoms with Crippen LogP contribution < -0.4 is 10.5 Å². The Morgan fingerprint density at radius 2 is 2.05 bits per heavy atom. The SMILES string of the molecule is CCCCCOc1c(F)cc(CCC(C)(N)CO)cc1Cl.Cl. The van der Waals surface area contributed by atoms with Gasteiger partial charge in [-0.05, 0) is 43.9 Å². The topological polar surface area (TPSA) is 55.5 Å². The summed E-state index contributed by atoms with van der Waals surface area (Å²) in [5.74, 6) is -0.328. The van der Waals surface area contributed by atoms with Crippen molar-refractivity contribution >= 4 is 24.0 Å². The molecule has 0 spiro atoms. The summed E-state index contributed by atoms with van der Waals surface area (Å²) in [6.45, 7) is 4.22. The minimum absolute atomic E-state index is 0. The minimum atomic E-state index is -0.668. The summed E-state index contributed by atoms with van der Waals surface area (Å²) >= 11 is 6.09. The molecule has 0 radical (unpaired) electrons. The summed E-state index contributed by atoms with van der Waals surface area (Å²) in [7, 11) is 0. The first-order chi connectivity index (χ1) is 9.89. The van der Waals surface area contributed by atoms with Crippen LogP contribution >= 0.6 is 24.0 Å². The lowest BCUT2D eigenvalue weighted by atomic mass is 9.95. The average Bonchev–Trinajstić information content (AvgIpc) is 2.44. The molecule has 0 aliphatic heterocycles. The summed E-state index contributed by atoms with van der Waals surface area (Å²) in [4.78, 5) is 0. The van der Waals surface area contributed by atoms with Crippen molar-refractivity contribution in [2.75, 3.05) is 13.2 Å². The molecule has 0 heterocycles. The van der Waals surface area contributed by atoms with E-state index in [1.54, 1.807) is 13.0 Å². The number of hydrogen-bond acceptors (Lipinski definition) is 3. The molecule has 1 atom stereocenters. The highest BCUT2D eigenvalue weighted by molar-refractivity contribution is 6.32. The van der Waals surface area contributed by atoms with E-state index in [0.717, 1.165) is 24.8 Å². The monoisotopic (exact) mass is 353 g/mol. The maximum atomic E-state index is 14.0. The molecule has 128 valence electrons. The van der Waals surface area contributed by atoms with Gasteiger partial charge >= 0.3 is 0 Å². The smallest absolute Gasteiger partial charge is 0.173 e. The van der Waals surface area contributed by atoms with E-state index in [4.69, 9.17) is 27.2 Å². The largest absolute Gasteiger partial charge is 0.489 e. The Balaban J connectivity index is 0.00000441. The summed E-state index contributed by atoms with van der Waals surface area (Å²) in [5.41, 5.74) is 5.95. The Kier molecular flexibility index (Phi) is 10.0. The fourth-order valence-electron chi connectivity index (χ4n) is 1.93. The average molecular weight is 354 g/mol. The highest BCUT2D eigenvalue weighted by Gasteiger charge is 2.18. The molecule has 3 N–H and O–H groups in total. The van der Waals surface area contributed by atoms with Gasteiger partial charge in [0.15, 0.2) is 11.6 Å². The summed E-state index contributed by atoms with van der Waals surface area (Å²) in [6.07, 6.45) is 4.13. The molecule has 1 aromatic rings. The van der Waals surface area contributed by atoms with E-state index in [1.807, 2.05) is 0 Å². The number of hydrogen-bond donors (Lipinski definition) is 2. The molecule has 0 aliphatic rings. The molecular weight excluding hydrogens is 328 g/mol. The first-order valence-corrected chi connectivity index (χ1v) is 7.78. The van der Waals surface area contributed by atoms with Crippen molar-refractivity contribution in [2.24, 2.45) is 5.73 Å². The van der Waals surface area contributed by atoms with Gasteiger partial charge in [-0.3, -0.25) is 0 Å². The number of halogens is 3. The number of nitrogens with two attached hydrogens (primary N) is 1. The predicted molar refractivity (Wildman–Crippen MR) is 91.7 cm³/mol. The molecule has 3 nitrogen and oxygen atoms in total. The van der Waals surface area contributed by atoms with Crippen LogP contribution in [0, 0.1) is 5.82 Å². The Bertz CT molecular complexity index is 433. The van der Waals surface area contributed by atoms with Gasteiger partial charge in [0.25, 0.3) is 0 Å². The molecule has 22 heavy (non-hydrogen) atoms. The third kappa shape index (κ3) is 7.14. The molecule has 0 saturated heterocycles. The lowest BCUT2D eigenvalue weighted by molar-refractivity contribution is 0.200. The van der Waals surface area contributed by atoms with E-state index in [0.29, 0.717) is 19.4 Å². The third-order valence-electron chi connectivity index (χ3n) is 3.40. The van der Waals surface area contributed by atoms with Crippen molar-refractivity contribution in [1.82, 2.24) is 0 Å². The van der Waals surface area contributed by atoms with Gasteiger partial charge in [0.1, 0.15) is 0 Å². The number of rotatable bonds is 9. The van der Waals surface area contributed by atoms with E-state index in [9.17, 15) is 4.39 Å². The van der Waals surface area contributed by atoms with Gasteiger partial charge in [-0.15, -0.1) is 12.4 Å². The van der Waals surface area contributed by atoms with E-state index < -0.39 is 11.4 Å². The second-order valence-electron chi connectivity index (χ2n) is 5.76. The Labute approximate surface area is 143 Å². The van der Waals surface area contributed by atoms with Crippen LogP contribution in [0.25, 0.3) is 0 Å². The molecule has 6 heteroatoms. The number of benzene rings is 1. The number of aliphatic hydroxyl groups excluding tert-OH is 1. The number of aliphatic hydroxyl groups is 1. The van der Waals surface area contributed by atoms with Crippen LogP contribution in [-0.4, -0.2) is 23.9 Å². The van der Waals surface area contributed by atoms with Crippen LogP contribution in [0.2, 0.25) is 5.02 Å². The maximum Gasteiger partial charge on any atom is 0.173 e. The molecule has 0 fully saturated rings. The fourth-order valence-corrected chi connectivity index (χ4v) is 2.21. The van der Waals surface area contributed by atoms with Gasteiger partial charge in [-0.2, -0.15) is 0 Å². The van der Waals surface area contributed by atoms with Crippen molar-refractivity contribution in [1.29, 1.82) is 0 Å². The van der Waals surface area contributed by atoms with E-state index >= 15 is 0 Å². The molecule has 1 unspecified atom stereocenters. The van der Waals surface area contributed by atoms with Crippen molar-refractivity contribution in [3.63, 3.8) is 0 Å². The van der Waals surface area contributed by atoms with Crippen LogP contribution in [0.15, 0.2) is 12.1 Å². The molecule has 0 aromatic heterocycles. The molecule has 1 rings (SSSR count). The van der Waals surface area contributed by atoms with Gasteiger partial charge in [0, 0.05) is 5.54 Å². The van der Waals surface area contributed by atoms with Crippen LogP contribution in [0.4, 0.5) is 4.39 Å². The standard InChI is InChI=1S/C16H25ClFNO2.ClH/c1-3-4-5-8-21-15-13(17)9-12(10-14(15)18)6-7-16(2,19)11-20;/h9-10,20H,3-8,11,19H2,1-2H3;1H. The van der Waals surface area contributed by atoms with Crippen LogP contribution in [0.1, 0.15) is 45.1 Å². The molecule has 0 amide bonds. The van der Waals surface area contributed by atoms with Crippen LogP contribution in [0.5, 0.6) is 5.75 Å². The molecular formula is C16H26Cl2FNO2. The van der Waals surface area contributed by atoms with Crippen LogP contribution in [-0.2, 0) is 6.42 Å². The minimum Gasteiger partial charge on any atom is -0.489 e. The number of ether oxygens (including phenoxy) is 1. The summed E-state index contributed by atoms with van der Waals surface area (Å²) < 4.78 is 19.5. The molecule has 0 bridgehead atoms. The maximum absolute atomic E-state index is 14.0. The number of aryl methyl sites for hydroxylation is 1. The van der Waals surface area contributed by atoms with Gasteiger partial charge in [0.2, 0.25) is 0 Å². The lowest BCUT2D eigenvalue weighted by Crippen LogP contribution is -2.40. The Morgan fingerprint density at radius 3 is 2.59 bits per heavy atom.